The van der Waals surface area contributed by atoms with Crippen molar-refractivity contribution in [1.82, 2.24) is 5.43 Å². The third-order valence-electron chi connectivity index (χ3n) is 4.16. The molecule has 28 heavy (non-hydrogen) atoms. The van der Waals surface area contributed by atoms with Crippen LogP contribution in [-0.2, 0) is 16.4 Å². The predicted octanol–water partition coefficient (Wildman–Crippen LogP) is 4.96. The fourth-order valence-corrected chi connectivity index (χ4v) is 2.45. The van der Waals surface area contributed by atoms with E-state index in [-0.39, 0.29) is 17.6 Å². The maximum absolute atomic E-state index is 12.7. The average Bonchev–Trinajstić information content (AvgIpc) is 2.63. The first-order chi connectivity index (χ1) is 13.0. The van der Waals surface area contributed by atoms with Gasteiger partial charge in [-0.3, -0.25) is 4.79 Å². The molecule has 0 unspecified atom stereocenters. The fraction of sp³-hybridized carbons (Fsp3) is 0.333. The number of rotatable bonds is 5. The van der Waals surface area contributed by atoms with Crippen molar-refractivity contribution in [1.29, 1.82) is 0 Å². The van der Waals surface area contributed by atoms with Crippen LogP contribution in [0, 0.1) is 0 Å². The monoisotopic (exact) mass is 391 g/mol. The standard InChI is InChI=1S/C21H24F3N3O/c1-14(15-8-10-16(11-9-15)20(2,3)4)26-27-19(28)13-25-18-7-5-6-17(12-18)21(22,23)24/h5-12,25H,13H2,1-4H3,(H,27,28)/b26-14-. The van der Waals surface area contributed by atoms with E-state index in [0.29, 0.717) is 5.71 Å². The van der Waals surface area contributed by atoms with Crippen LogP contribution in [0.2, 0.25) is 0 Å². The van der Waals surface area contributed by atoms with Crippen LogP contribution in [0.5, 0.6) is 0 Å². The van der Waals surface area contributed by atoms with Gasteiger partial charge in [-0.2, -0.15) is 18.3 Å². The van der Waals surface area contributed by atoms with Gasteiger partial charge in [0.05, 0.1) is 17.8 Å². The van der Waals surface area contributed by atoms with Crippen LogP contribution in [0.3, 0.4) is 0 Å². The van der Waals surface area contributed by atoms with Crippen molar-refractivity contribution in [3.8, 4) is 0 Å². The highest BCUT2D eigenvalue weighted by molar-refractivity contribution is 5.99. The molecule has 7 heteroatoms. The van der Waals surface area contributed by atoms with Gasteiger partial charge < -0.3 is 5.32 Å². The first kappa shape index (κ1) is 21.5. The Bertz CT molecular complexity index is 850. The number of hydrazone groups is 1. The van der Waals surface area contributed by atoms with Crippen molar-refractivity contribution in [2.24, 2.45) is 5.10 Å². The molecule has 0 aliphatic heterocycles. The number of carbonyl (C=O) groups excluding carboxylic acids is 1. The molecule has 0 aliphatic carbocycles. The van der Waals surface area contributed by atoms with Gasteiger partial charge in [0.2, 0.25) is 0 Å². The molecule has 2 aromatic rings. The lowest BCUT2D eigenvalue weighted by molar-refractivity contribution is -0.137. The lowest BCUT2D eigenvalue weighted by atomic mass is 9.86. The number of nitrogens with zero attached hydrogens (tertiary/aromatic N) is 1. The zero-order valence-corrected chi connectivity index (χ0v) is 16.3. The summed E-state index contributed by atoms with van der Waals surface area (Å²) in [6.45, 7) is 7.95. The molecule has 4 nitrogen and oxygen atoms in total. The van der Waals surface area contributed by atoms with Gasteiger partial charge in [-0.25, -0.2) is 5.43 Å². The number of amides is 1. The van der Waals surface area contributed by atoms with Gasteiger partial charge in [-0.15, -0.1) is 0 Å². The van der Waals surface area contributed by atoms with Gasteiger partial charge in [-0.05, 0) is 41.7 Å². The summed E-state index contributed by atoms with van der Waals surface area (Å²) in [5.74, 6) is -0.455. The van der Waals surface area contributed by atoms with E-state index in [1.54, 1.807) is 6.92 Å². The minimum atomic E-state index is -4.43. The summed E-state index contributed by atoms with van der Waals surface area (Å²) >= 11 is 0. The van der Waals surface area contributed by atoms with Crippen LogP contribution in [0.1, 0.15) is 44.4 Å². The molecule has 0 aromatic heterocycles. The molecule has 0 bridgehead atoms. The lowest BCUT2D eigenvalue weighted by Gasteiger charge is -2.19. The molecule has 2 N–H and O–H groups in total. The molecule has 0 heterocycles. The summed E-state index contributed by atoms with van der Waals surface area (Å²) in [7, 11) is 0. The maximum atomic E-state index is 12.7. The molecule has 0 saturated heterocycles. The first-order valence-electron chi connectivity index (χ1n) is 8.82. The smallest absolute Gasteiger partial charge is 0.376 e. The first-order valence-corrected chi connectivity index (χ1v) is 8.82. The van der Waals surface area contributed by atoms with Crippen LogP contribution >= 0.6 is 0 Å². The van der Waals surface area contributed by atoms with E-state index in [1.807, 2.05) is 24.3 Å². The summed E-state index contributed by atoms with van der Waals surface area (Å²) in [5, 5.41) is 6.72. The Morgan fingerprint density at radius 1 is 1.00 bits per heavy atom. The van der Waals surface area contributed by atoms with Crippen molar-refractivity contribution >= 4 is 17.3 Å². The average molecular weight is 391 g/mol. The Kier molecular flexibility index (Phi) is 6.48. The third-order valence-corrected chi connectivity index (χ3v) is 4.16. The number of hydrogen-bond acceptors (Lipinski definition) is 3. The highest BCUT2D eigenvalue weighted by Gasteiger charge is 2.30. The van der Waals surface area contributed by atoms with E-state index in [9.17, 15) is 18.0 Å². The highest BCUT2D eigenvalue weighted by Crippen LogP contribution is 2.30. The van der Waals surface area contributed by atoms with Crippen molar-refractivity contribution in [3.63, 3.8) is 0 Å². The zero-order chi connectivity index (χ0) is 20.9. The molecule has 0 fully saturated rings. The van der Waals surface area contributed by atoms with E-state index in [4.69, 9.17) is 0 Å². The largest absolute Gasteiger partial charge is 0.416 e. The van der Waals surface area contributed by atoms with Gasteiger partial charge in [0.1, 0.15) is 0 Å². The molecule has 0 spiro atoms. The van der Waals surface area contributed by atoms with Gasteiger partial charge >= 0.3 is 6.18 Å². The molecular weight excluding hydrogens is 367 g/mol. The van der Waals surface area contributed by atoms with E-state index < -0.39 is 17.6 Å². The Hall–Kier alpha value is -2.83. The quantitative estimate of drug-likeness (QED) is 0.559. The molecule has 0 radical (unpaired) electrons. The number of nitrogens with one attached hydrogen (secondary N) is 2. The second-order valence-electron chi connectivity index (χ2n) is 7.49. The lowest BCUT2D eigenvalue weighted by Crippen LogP contribution is -2.26. The van der Waals surface area contributed by atoms with Crippen molar-refractivity contribution < 1.29 is 18.0 Å². The Labute approximate surface area is 162 Å². The minimum Gasteiger partial charge on any atom is -0.376 e. The van der Waals surface area contributed by atoms with Crippen molar-refractivity contribution in [2.45, 2.75) is 39.3 Å². The summed E-state index contributed by atoms with van der Waals surface area (Å²) < 4.78 is 38.1. The van der Waals surface area contributed by atoms with Gasteiger partial charge in [0.25, 0.3) is 5.91 Å². The van der Waals surface area contributed by atoms with E-state index >= 15 is 0 Å². The van der Waals surface area contributed by atoms with Crippen LogP contribution in [-0.4, -0.2) is 18.2 Å². The zero-order valence-electron chi connectivity index (χ0n) is 16.3. The number of alkyl halides is 3. The normalized spacial score (nSPS) is 12.6. The molecule has 0 atom stereocenters. The van der Waals surface area contributed by atoms with Gasteiger partial charge in [-0.1, -0.05) is 51.1 Å². The van der Waals surface area contributed by atoms with Crippen LogP contribution in [0.25, 0.3) is 0 Å². The minimum absolute atomic E-state index is 0.0485. The maximum Gasteiger partial charge on any atom is 0.416 e. The van der Waals surface area contributed by atoms with Crippen LogP contribution in [0.4, 0.5) is 18.9 Å². The molecule has 2 rings (SSSR count). The Morgan fingerprint density at radius 2 is 1.64 bits per heavy atom. The van der Waals surface area contributed by atoms with Crippen molar-refractivity contribution in [2.75, 3.05) is 11.9 Å². The van der Waals surface area contributed by atoms with Crippen LogP contribution in [0.15, 0.2) is 53.6 Å². The molecule has 0 saturated carbocycles. The number of anilines is 1. The molecule has 150 valence electrons. The van der Waals surface area contributed by atoms with Crippen molar-refractivity contribution in [3.05, 3.63) is 65.2 Å². The molecular formula is C21H24F3N3O. The van der Waals surface area contributed by atoms with E-state index in [0.717, 1.165) is 17.7 Å². The Balaban J connectivity index is 1.93. The SMILES string of the molecule is C/C(=N/NC(=O)CNc1cccc(C(F)(F)F)c1)c1ccc(C(C)(C)C)cc1. The van der Waals surface area contributed by atoms with E-state index in [1.165, 1.54) is 17.7 Å². The second kappa shape index (κ2) is 8.46. The third kappa shape index (κ3) is 6.11. The predicted molar refractivity (Wildman–Crippen MR) is 105 cm³/mol. The number of halogens is 3. The summed E-state index contributed by atoms with van der Waals surface area (Å²) in [6.07, 6.45) is -4.43. The summed E-state index contributed by atoms with van der Waals surface area (Å²) in [4.78, 5) is 11.9. The Morgan fingerprint density at radius 3 is 2.21 bits per heavy atom. The fourth-order valence-electron chi connectivity index (χ4n) is 2.45. The molecule has 1 amide bonds. The van der Waals surface area contributed by atoms with Gasteiger partial charge in [0, 0.05) is 5.69 Å². The topological polar surface area (TPSA) is 53.5 Å². The molecule has 2 aromatic carbocycles. The molecule has 0 aliphatic rings. The van der Waals surface area contributed by atoms with E-state index in [2.05, 4.69) is 36.6 Å². The number of hydrogen-bond donors (Lipinski definition) is 2. The highest BCUT2D eigenvalue weighted by atomic mass is 19.4. The van der Waals surface area contributed by atoms with Crippen LogP contribution < -0.4 is 10.7 Å². The van der Waals surface area contributed by atoms with Gasteiger partial charge in [0.15, 0.2) is 0 Å². The summed E-state index contributed by atoms with van der Waals surface area (Å²) in [5.41, 5.74) is 4.59. The summed E-state index contributed by atoms with van der Waals surface area (Å²) in [6, 6.07) is 12.6. The number of benzene rings is 2. The second-order valence-corrected chi connectivity index (χ2v) is 7.49. The number of carbonyl (C=O) groups is 1.